The maximum Gasteiger partial charge on any atom is 0.516 e. The number of hydrogen-bond donors (Lipinski definition) is 1. The second-order valence-electron chi connectivity index (χ2n) is 8.92. The molecule has 0 aliphatic carbocycles. The van der Waals surface area contributed by atoms with Crippen LogP contribution in [0, 0.1) is 11.6 Å². The van der Waals surface area contributed by atoms with Crippen LogP contribution in [0.4, 0.5) is 13.6 Å². The van der Waals surface area contributed by atoms with E-state index < -0.39 is 53.9 Å². The van der Waals surface area contributed by atoms with Gasteiger partial charge in [0.05, 0.1) is 19.3 Å². The average Bonchev–Trinajstić information content (AvgIpc) is 3.10. The van der Waals surface area contributed by atoms with E-state index in [-0.39, 0.29) is 36.8 Å². The molecule has 0 spiro atoms. The summed E-state index contributed by atoms with van der Waals surface area (Å²) in [6, 6.07) is 10.4. The van der Waals surface area contributed by atoms with Crippen molar-refractivity contribution in [2.45, 2.75) is 22.9 Å². The van der Waals surface area contributed by atoms with Gasteiger partial charge in [-0.1, -0.05) is 24.3 Å². The number of hydrogen-bond acceptors (Lipinski definition) is 9. The maximum absolute atomic E-state index is 15.2. The highest BCUT2D eigenvalue weighted by Crippen LogP contribution is 2.45. The molecule has 4 heterocycles. The zero-order valence-electron chi connectivity index (χ0n) is 20.2. The van der Waals surface area contributed by atoms with E-state index in [0.29, 0.717) is 5.56 Å². The smallest absolute Gasteiger partial charge is 0.407 e. The molecule has 1 fully saturated rings. The Balaban J connectivity index is 1.63. The molecule has 202 valence electrons. The van der Waals surface area contributed by atoms with E-state index in [1.54, 1.807) is 5.01 Å². The van der Waals surface area contributed by atoms with Crippen LogP contribution in [0.25, 0.3) is 0 Å². The highest BCUT2D eigenvalue weighted by atomic mass is 32.2. The fourth-order valence-electron chi connectivity index (χ4n) is 5.23. The van der Waals surface area contributed by atoms with E-state index in [2.05, 4.69) is 4.74 Å². The number of fused-ring (bicyclic) bond motifs is 4. The Kier molecular flexibility index (Phi) is 6.49. The highest BCUT2D eigenvalue weighted by Gasteiger charge is 2.46. The van der Waals surface area contributed by atoms with Gasteiger partial charge in [0, 0.05) is 35.0 Å². The Morgan fingerprint density at radius 1 is 1.13 bits per heavy atom. The second-order valence-corrected chi connectivity index (χ2v) is 9.94. The Labute approximate surface area is 224 Å². The first kappa shape index (κ1) is 25.3. The van der Waals surface area contributed by atoms with Crippen LogP contribution in [0.2, 0.25) is 0 Å². The first-order valence-electron chi connectivity index (χ1n) is 12.0. The number of aliphatic hydroxyl groups excluding tert-OH is 1. The summed E-state index contributed by atoms with van der Waals surface area (Å²) in [7, 11) is 0. The summed E-state index contributed by atoms with van der Waals surface area (Å²) in [4.78, 5) is 41.0. The van der Waals surface area contributed by atoms with Crippen molar-refractivity contribution < 1.29 is 37.7 Å². The molecule has 3 aromatic rings. The number of aromatic nitrogens is 1. The van der Waals surface area contributed by atoms with Crippen LogP contribution in [0.15, 0.2) is 58.4 Å². The zero-order valence-corrected chi connectivity index (χ0v) is 21.0. The zero-order chi connectivity index (χ0) is 27.3. The van der Waals surface area contributed by atoms with E-state index in [0.717, 1.165) is 22.6 Å². The quantitative estimate of drug-likeness (QED) is 0.384. The molecule has 39 heavy (non-hydrogen) atoms. The first-order valence-corrected chi connectivity index (χ1v) is 13.0. The van der Waals surface area contributed by atoms with E-state index in [1.807, 2.05) is 24.3 Å². The van der Waals surface area contributed by atoms with Crippen LogP contribution >= 0.6 is 11.8 Å². The van der Waals surface area contributed by atoms with E-state index in [4.69, 9.17) is 14.6 Å². The molecule has 1 aromatic heterocycles. The Morgan fingerprint density at radius 3 is 2.77 bits per heavy atom. The predicted molar refractivity (Wildman–Crippen MR) is 133 cm³/mol. The minimum Gasteiger partial charge on any atom is -0.407 e. The number of benzene rings is 2. The molecule has 6 rings (SSSR count). The van der Waals surface area contributed by atoms with Gasteiger partial charge in [0.2, 0.25) is 11.2 Å². The third-order valence-corrected chi connectivity index (χ3v) is 8.02. The van der Waals surface area contributed by atoms with Gasteiger partial charge in [-0.2, -0.15) is 0 Å². The third-order valence-electron chi connectivity index (χ3n) is 6.90. The fraction of sp³-hybridized carbons (Fsp3) is 0.269. The minimum atomic E-state index is -1.37. The lowest BCUT2D eigenvalue weighted by molar-refractivity contribution is -0.0201. The summed E-state index contributed by atoms with van der Waals surface area (Å²) in [5, 5.41) is 10.7. The molecule has 0 saturated carbocycles. The monoisotopic (exact) mass is 557 g/mol. The van der Waals surface area contributed by atoms with Gasteiger partial charge in [-0.3, -0.25) is 19.3 Å². The topological polar surface area (TPSA) is 111 Å². The van der Waals surface area contributed by atoms with Gasteiger partial charge in [-0.25, -0.2) is 13.6 Å². The lowest BCUT2D eigenvalue weighted by atomic mass is 9.93. The van der Waals surface area contributed by atoms with Crippen molar-refractivity contribution in [2.75, 3.05) is 31.6 Å². The molecule has 3 aliphatic rings. The van der Waals surface area contributed by atoms with Gasteiger partial charge in [-0.05, 0) is 23.3 Å². The molecule has 0 radical (unpaired) electrons. The largest absolute Gasteiger partial charge is 0.516 e. The highest BCUT2D eigenvalue weighted by molar-refractivity contribution is 7.98. The number of halogens is 2. The van der Waals surface area contributed by atoms with Crippen molar-refractivity contribution in [2.24, 2.45) is 0 Å². The van der Waals surface area contributed by atoms with Crippen molar-refractivity contribution in [3.05, 3.63) is 92.9 Å². The molecule has 10 nitrogen and oxygen atoms in total. The number of aliphatic hydroxyl groups is 1. The summed E-state index contributed by atoms with van der Waals surface area (Å²) in [5.74, 6) is -2.94. The third kappa shape index (κ3) is 4.13. The number of ether oxygens (including phenoxy) is 3. The van der Waals surface area contributed by atoms with Crippen molar-refractivity contribution in [3.8, 4) is 5.75 Å². The van der Waals surface area contributed by atoms with Crippen LogP contribution in [0.1, 0.15) is 33.2 Å². The normalized spacial score (nSPS) is 19.8. The van der Waals surface area contributed by atoms with Crippen LogP contribution in [-0.4, -0.2) is 59.5 Å². The molecule has 1 amide bonds. The van der Waals surface area contributed by atoms with Crippen LogP contribution < -0.4 is 15.2 Å². The number of amides is 1. The molecule has 1 N–H and O–H groups in total. The summed E-state index contributed by atoms with van der Waals surface area (Å²) < 4.78 is 46.3. The van der Waals surface area contributed by atoms with E-state index in [1.165, 1.54) is 33.6 Å². The standard InChI is InChI=1S/C26H21F2N3O7S/c27-17-6-5-14-16(21(17)28)12-39-19-4-2-1-3-15(19)22(14)31-20-11-36-10-9-29(20)25(34)23-24(38-26(35)37-13-32)18(33)7-8-30(23)31/h1-8,20,22,32H,9-13H2/t20-,22+/m1/s1. The SMILES string of the molecule is O=C(OCO)Oc1c2n(ccc1=O)N([C@@H]1c3ccccc3SCc3c1ccc(F)c3F)[C@@H]1COCCN1C2=O. The van der Waals surface area contributed by atoms with Gasteiger partial charge in [0.25, 0.3) is 5.91 Å². The van der Waals surface area contributed by atoms with E-state index >= 15 is 4.39 Å². The van der Waals surface area contributed by atoms with Crippen LogP contribution in [0.3, 0.4) is 0 Å². The van der Waals surface area contributed by atoms with Crippen molar-refractivity contribution in [1.29, 1.82) is 0 Å². The lowest BCUT2D eigenvalue weighted by Gasteiger charge is -2.51. The number of carbonyl (C=O) groups is 2. The lowest BCUT2D eigenvalue weighted by Crippen LogP contribution is -2.66. The molecule has 0 bridgehead atoms. The molecule has 0 unspecified atom stereocenters. The van der Waals surface area contributed by atoms with Gasteiger partial charge < -0.3 is 24.2 Å². The van der Waals surface area contributed by atoms with Crippen molar-refractivity contribution >= 4 is 23.8 Å². The number of thioether (sulfide) groups is 1. The summed E-state index contributed by atoms with van der Waals surface area (Å²) >= 11 is 1.36. The molecular weight excluding hydrogens is 536 g/mol. The number of pyridine rings is 1. The second kappa shape index (κ2) is 9.98. The summed E-state index contributed by atoms with van der Waals surface area (Å²) in [5.41, 5.74) is 0.388. The number of carbonyl (C=O) groups excluding carboxylic acids is 2. The maximum atomic E-state index is 15.2. The minimum absolute atomic E-state index is 0.0882. The number of morpholine rings is 1. The summed E-state index contributed by atoms with van der Waals surface area (Å²) in [6.07, 6.45) is -0.710. The molecule has 3 aliphatic heterocycles. The molecular formula is C26H21F2N3O7S. The number of nitrogens with zero attached hydrogens (tertiary/aromatic N) is 3. The fourth-order valence-corrected chi connectivity index (χ4v) is 6.35. The molecule has 2 atom stereocenters. The molecule has 2 aromatic carbocycles. The average molecular weight is 558 g/mol. The van der Waals surface area contributed by atoms with Crippen molar-refractivity contribution in [3.63, 3.8) is 0 Å². The Hall–Kier alpha value is -3.94. The Morgan fingerprint density at radius 2 is 1.95 bits per heavy atom. The first-order chi connectivity index (χ1) is 18.9. The van der Waals surface area contributed by atoms with Crippen LogP contribution in [-0.2, 0) is 15.2 Å². The van der Waals surface area contributed by atoms with E-state index in [9.17, 15) is 18.8 Å². The molecule has 13 heteroatoms. The van der Waals surface area contributed by atoms with Gasteiger partial charge >= 0.3 is 6.16 Å². The Bertz CT molecular complexity index is 1550. The summed E-state index contributed by atoms with van der Waals surface area (Å²) in [6.45, 7) is -0.512. The van der Waals surface area contributed by atoms with Gasteiger partial charge in [0.15, 0.2) is 24.1 Å². The van der Waals surface area contributed by atoms with Crippen LogP contribution in [0.5, 0.6) is 5.75 Å². The predicted octanol–water partition coefficient (Wildman–Crippen LogP) is 2.74. The van der Waals surface area contributed by atoms with Gasteiger partial charge in [-0.15, -0.1) is 11.8 Å². The molecule has 1 saturated heterocycles. The van der Waals surface area contributed by atoms with Crippen molar-refractivity contribution in [1.82, 2.24) is 9.58 Å². The van der Waals surface area contributed by atoms with Gasteiger partial charge in [0.1, 0.15) is 6.17 Å². The number of rotatable bonds is 3.